The second-order valence-electron chi connectivity index (χ2n) is 6.42. The van der Waals surface area contributed by atoms with Gasteiger partial charge in [0.05, 0.1) is 6.10 Å². The topological polar surface area (TPSA) is 74.8 Å². The number of guanidine groups is 1. The third kappa shape index (κ3) is 8.55. The van der Waals surface area contributed by atoms with Crippen molar-refractivity contribution >= 4 is 11.9 Å². The minimum Gasteiger partial charge on any atom is -0.379 e. The van der Waals surface area contributed by atoms with Gasteiger partial charge in [-0.15, -0.1) is 0 Å². The van der Waals surface area contributed by atoms with Crippen molar-refractivity contribution < 1.29 is 9.53 Å². The smallest absolute Gasteiger partial charge is 0.222 e. The molecular formula is C15H32N4O2. The van der Waals surface area contributed by atoms with Crippen LogP contribution >= 0.6 is 0 Å². The molecular weight excluding hydrogens is 268 g/mol. The van der Waals surface area contributed by atoms with Gasteiger partial charge in [0, 0.05) is 39.7 Å². The molecule has 0 radical (unpaired) electrons. The molecule has 1 amide bonds. The van der Waals surface area contributed by atoms with Gasteiger partial charge in [0.15, 0.2) is 5.96 Å². The number of hydrogen-bond acceptors (Lipinski definition) is 3. The van der Waals surface area contributed by atoms with E-state index >= 15 is 0 Å². The highest BCUT2D eigenvalue weighted by atomic mass is 16.5. The first-order valence-electron chi connectivity index (χ1n) is 7.47. The monoisotopic (exact) mass is 300 g/mol. The highest BCUT2D eigenvalue weighted by Gasteiger charge is 2.24. The van der Waals surface area contributed by atoms with Crippen LogP contribution in [0.15, 0.2) is 4.99 Å². The van der Waals surface area contributed by atoms with E-state index in [0.29, 0.717) is 25.6 Å². The minimum atomic E-state index is 0.0108. The van der Waals surface area contributed by atoms with E-state index in [-0.39, 0.29) is 23.3 Å². The van der Waals surface area contributed by atoms with Crippen LogP contribution < -0.4 is 16.0 Å². The van der Waals surface area contributed by atoms with Crippen molar-refractivity contribution in [1.29, 1.82) is 0 Å². The number of amides is 1. The highest BCUT2D eigenvalue weighted by Crippen LogP contribution is 2.20. The zero-order valence-corrected chi connectivity index (χ0v) is 14.5. The van der Waals surface area contributed by atoms with Crippen LogP contribution in [0.25, 0.3) is 0 Å². The zero-order chi connectivity index (χ0) is 16.5. The van der Waals surface area contributed by atoms with Crippen LogP contribution in [0.3, 0.4) is 0 Å². The second kappa shape index (κ2) is 9.60. The molecule has 0 saturated heterocycles. The lowest BCUT2D eigenvalue weighted by Gasteiger charge is -2.30. The first-order chi connectivity index (χ1) is 9.72. The fourth-order valence-electron chi connectivity index (χ4n) is 1.72. The molecule has 0 aromatic heterocycles. The zero-order valence-electron chi connectivity index (χ0n) is 14.5. The van der Waals surface area contributed by atoms with E-state index in [2.05, 4.69) is 41.7 Å². The number of nitrogens with zero attached hydrogens (tertiary/aromatic N) is 1. The Bertz CT molecular complexity index is 335. The number of carbonyl (C=O) groups is 1. The van der Waals surface area contributed by atoms with E-state index in [1.54, 1.807) is 14.2 Å². The molecule has 0 aromatic carbocycles. The number of ether oxygens (including phenoxy) is 1. The van der Waals surface area contributed by atoms with Crippen molar-refractivity contribution in [2.75, 3.05) is 33.8 Å². The summed E-state index contributed by atoms with van der Waals surface area (Å²) in [6.07, 6.45) is 0.0942. The maximum atomic E-state index is 11.4. The number of carbonyl (C=O) groups excluding carboxylic acids is 1. The summed E-state index contributed by atoms with van der Waals surface area (Å²) in [7, 11) is 3.44. The maximum Gasteiger partial charge on any atom is 0.222 e. The summed E-state index contributed by atoms with van der Waals surface area (Å²) in [6.45, 7) is 12.1. The van der Waals surface area contributed by atoms with Crippen LogP contribution in [-0.4, -0.2) is 51.8 Å². The number of aliphatic imine (C=N–C) groups is 1. The molecule has 0 rings (SSSR count). The van der Waals surface area contributed by atoms with Crippen LogP contribution in [0.2, 0.25) is 0 Å². The third-order valence-electron chi connectivity index (χ3n) is 3.17. The molecule has 0 aliphatic carbocycles. The van der Waals surface area contributed by atoms with Gasteiger partial charge in [-0.2, -0.15) is 0 Å². The Kier molecular flexibility index (Phi) is 9.01. The van der Waals surface area contributed by atoms with E-state index in [1.165, 1.54) is 0 Å². The molecule has 0 aliphatic heterocycles. The predicted octanol–water partition coefficient (Wildman–Crippen LogP) is 0.985. The van der Waals surface area contributed by atoms with Crippen molar-refractivity contribution in [3.8, 4) is 0 Å². The minimum absolute atomic E-state index is 0.0108. The van der Waals surface area contributed by atoms with Gasteiger partial charge in [-0.25, -0.2) is 0 Å². The molecule has 0 aromatic rings. The fourth-order valence-corrected chi connectivity index (χ4v) is 1.72. The average Bonchev–Trinajstić information content (AvgIpc) is 2.39. The SMILES string of the molecule is CN=C(NCCNC(=O)C(C)C)NCC(OC)C(C)(C)C. The van der Waals surface area contributed by atoms with Crippen LogP contribution in [-0.2, 0) is 9.53 Å². The highest BCUT2D eigenvalue weighted by molar-refractivity contribution is 5.80. The van der Waals surface area contributed by atoms with Crippen molar-refractivity contribution in [2.24, 2.45) is 16.3 Å². The Hall–Kier alpha value is -1.30. The first kappa shape index (κ1) is 19.7. The van der Waals surface area contributed by atoms with E-state index in [1.807, 2.05) is 13.8 Å². The molecule has 0 spiro atoms. The summed E-state index contributed by atoms with van der Waals surface area (Å²) < 4.78 is 5.49. The lowest BCUT2D eigenvalue weighted by Crippen LogP contribution is -2.47. The van der Waals surface area contributed by atoms with Crippen molar-refractivity contribution in [3.63, 3.8) is 0 Å². The largest absolute Gasteiger partial charge is 0.379 e. The second-order valence-corrected chi connectivity index (χ2v) is 6.42. The molecule has 3 N–H and O–H groups in total. The molecule has 1 atom stereocenters. The van der Waals surface area contributed by atoms with E-state index in [0.717, 1.165) is 0 Å². The molecule has 124 valence electrons. The third-order valence-corrected chi connectivity index (χ3v) is 3.17. The molecule has 6 heteroatoms. The van der Waals surface area contributed by atoms with Gasteiger partial charge in [0.2, 0.25) is 5.91 Å². The standard InChI is InChI=1S/C15H32N4O2/c1-11(2)13(20)17-8-9-18-14(16-6)19-10-12(21-7)15(3,4)5/h11-12H,8-10H2,1-7H3,(H,17,20)(H2,16,18,19). The van der Waals surface area contributed by atoms with E-state index in [4.69, 9.17) is 4.74 Å². The van der Waals surface area contributed by atoms with Crippen LogP contribution in [0.1, 0.15) is 34.6 Å². The normalized spacial score (nSPS) is 14.0. The maximum absolute atomic E-state index is 11.4. The van der Waals surface area contributed by atoms with Crippen LogP contribution in [0.5, 0.6) is 0 Å². The Morgan fingerprint density at radius 3 is 2.14 bits per heavy atom. The quantitative estimate of drug-likeness (QED) is 0.372. The number of hydrogen-bond donors (Lipinski definition) is 3. The Balaban J connectivity index is 4.05. The van der Waals surface area contributed by atoms with E-state index < -0.39 is 0 Å². The molecule has 0 fully saturated rings. The van der Waals surface area contributed by atoms with Crippen LogP contribution in [0.4, 0.5) is 0 Å². The molecule has 1 unspecified atom stereocenters. The Morgan fingerprint density at radius 1 is 1.14 bits per heavy atom. The van der Waals surface area contributed by atoms with Crippen molar-refractivity contribution in [2.45, 2.75) is 40.7 Å². The van der Waals surface area contributed by atoms with Gasteiger partial charge < -0.3 is 20.7 Å². The van der Waals surface area contributed by atoms with Gasteiger partial charge >= 0.3 is 0 Å². The molecule has 21 heavy (non-hydrogen) atoms. The van der Waals surface area contributed by atoms with Gasteiger partial charge in [0.1, 0.15) is 0 Å². The molecule has 0 bridgehead atoms. The summed E-state index contributed by atoms with van der Waals surface area (Å²) >= 11 is 0. The van der Waals surface area contributed by atoms with Crippen LogP contribution in [0, 0.1) is 11.3 Å². The van der Waals surface area contributed by atoms with Crippen molar-refractivity contribution in [3.05, 3.63) is 0 Å². The summed E-state index contributed by atoms with van der Waals surface area (Å²) in [6, 6.07) is 0. The first-order valence-corrected chi connectivity index (χ1v) is 7.47. The van der Waals surface area contributed by atoms with Gasteiger partial charge in [-0.3, -0.25) is 9.79 Å². The average molecular weight is 300 g/mol. The molecule has 0 heterocycles. The van der Waals surface area contributed by atoms with Crippen molar-refractivity contribution in [1.82, 2.24) is 16.0 Å². The summed E-state index contributed by atoms with van der Waals surface area (Å²) in [5.41, 5.74) is 0.0613. The van der Waals surface area contributed by atoms with Gasteiger partial charge in [-0.1, -0.05) is 34.6 Å². The Morgan fingerprint density at radius 2 is 1.71 bits per heavy atom. The summed E-state index contributed by atoms with van der Waals surface area (Å²) in [4.78, 5) is 15.6. The fraction of sp³-hybridized carbons (Fsp3) is 0.867. The number of methoxy groups -OCH3 is 1. The summed E-state index contributed by atoms with van der Waals surface area (Å²) in [5.74, 6) is 0.781. The number of rotatable bonds is 7. The Labute approximate surface area is 129 Å². The molecule has 0 saturated carbocycles. The number of nitrogens with one attached hydrogen (secondary N) is 3. The summed E-state index contributed by atoms with van der Waals surface area (Å²) in [5, 5.41) is 9.26. The molecule has 0 aliphatic rings. The lowest BCUT2D eigenvalue weighted by molar-refractivity contribution is -0.123. The van der Waals surface area contributed by atoms with E-state index in [9.17, 15) is 4.79 Å². The van der Waals surface area contributed by atoms with Gasteiger partial charge in [-0.05, 0) is 5.41 Å². The lowest BCUT2D eigenvalue weighted by atomic mass is 9.89. The molecule has 6 nitrogen and oxygen atoms in total. The predicted molar refractivity (Wildman–Crippen MR) is 87.5 cm³/mol. The van der Waals surface area contributed by atoms with Gasteiger partial charge in [0.25, 0.3) is 0 Å².